The molecule has 0 atom stereocenters. The first-order valence-electron chi connectivity index (χ1n) is 9.41. The highest BCUT2D eigenvalue weighted by atomic mass is 16.2. The van der Waals surface area contributed by atoms with E-state index in [9.17, 15) is 9.59 Å². The van der Waals surface area contributed by atoms with E-state index >= 15 is 0 Å². The van der Waals surface area contributed by atoms with Crippen LogP contribution in [-0.2, 0) is 12.8 Å². The van der Waals surface area contributed by atoms with E-state index in [0.717, 1.165) is 49.3 Å². The number of pyridine rings is 1. The van der Waals surface area contributed by atoms with Crippen LogP contribution in [0, 0.1) is 0 Å². The molecule has 1 aliphatic heterocycles. The molecule has 138 valence electrons. The molecule has 0 bridgehead atoms. The summed E-state index contributed by atoms with van der Waals surface area (Å²) < 4.78 is 1.89. The molecule has 5 rings (SSSR count). The summed E-state index contributed by atoms with van der Waals surface area (Å²) in [5.74, 6) is 1.03. The van der Waals surface area contributed by atoms with Crippen molar-refractivity contribution in [1.82, 2.24) is 29.7 Å². The number of likely N-dealkylation sites (tertiary alicyclic amines) is 1. The third-order valence-electron chi connectivity index (χ3n) is 5.61. The van der Waals surface area contributed by atoms with Gasteiger partial charge in [-0.25, -0.2) is 0 Å². The third kappa shape index (κ3) is 2.81. The summed E-state index contributed by atoms with van der Waals surface area (Å²) in [4.78, 5) is 28.4. The normalized spacial score (nSPS) is 17.4. The molecular weight excluding hydrogens is 344 g/mol. The summed E-state index contributed by atoms with van der Waals surface area (Å²) in [6.07, 6.45) is 6.38. The Morgan fingerprint density at radius 3 is 2.81 bits per heavy atom. The smallest absolute Gasteiger partial charge is 0.254 e. The van der Waals surface area contributed by atoms with E-state index in [4.69, 9.17) is 5.10 Å². The van der Waals surface area contributed by atoms with E-state index in [1.807, 2.05) is 4.52 Å². The second-order valence-corrected chi connectivity index (χ2v) is 7.31. The number of rotatable bonds is 2. The van der Waals surface area contributed by atoms with E-state index in [0.29, 0.717) is 18.7 Å². The first-order chi connectivity index (χ1) is 13.2. The minimum Gasteiger partial charge on any atom is -0.339 e. The zero-order chi connectivity index (χ0) is 18.4. The lowest BCUT2D eigenvalue weighted by Crippen LogP contribution is -2.38. The van der Waals surface area contributed by atoms with Crippen molar-refractivity contribution in [2.75, 3.05) is 13.1 Å². The molecule has 1 aliphatic carbocycles. The first kappa shape index (κ1) is 16.2. The Hall–Kier alpha value is -3.03. The number of aromatic nitrogens is 5. The van der Waals surface area contributed by atoms with Crippen molar-refractivity contribution in [2.24, 2.45) is 0 Å². The number of carbonyl (C=O) groups is 1. The van der Waals surface area contributed by atoms with Gasteiger partial charge < -0.3 is 9.88 Å². The molecule has 2 aliphatic rings. The molecule has 3 aromatic rings. The molecule has 1 fully saturated rings. The van der Waals surface area contributed by atoms with Crippen LogP contribution in [0.1, 0.15) is 52.6 Å². The van der Waals surface area contributed by atoms with Gasteiger partial charge >= 0.3 is 0 Å². The number of carbonyl (C=O) groups excluding carboxylic acids is 1. The molecule has 1 amide bonds. The van der Waals surface area contributed by atoms with E-state index in [1.165, 1.54) is 17.8 Å². The standard InChI is InChI=1S/C19H20N6O2/c26-17-11-14(4-7-20-17)19(27)24-8-5-12(6-9-24)18-22-21-16-10-13-2-1-3-15(13)23-25(16)18/h4,7,10-12H,1-3,5-6,8-9H2,(H,20,26). The molecule has 8 heteroatoms. The van der Waals surface area contributed by atoms with Gasteiger partial charge in [0.1, 0.15) is 0 Å². The van der Waals surface area contributed by atoms with Gasteiger partial charge in [-0.3, -0.25) is 9.59 Å². The fourth-order valence-corrected chi connectivity index (χ4v) is 4.15. The van der Waals surface area contributed by atoms with E-state index in [2.05, 4.69) is 21.2 Å². The number of H-pyrrole nitrogens is 1. The van der Waals surface area contributed by atoms with Crippen molar-refractivity contribution >= 4 is 11.6 Å². The van der Waals surface area contributed by atoms with Gasteiger partial charge in [-0.05, 0) is 49.8 Å². The van der Waals surface area contributed by atoms with E-state index in [1.54, 1.807) is 11.0 Å². The van der Waals surface area contributed by atoms with E-state index in [-0.39, 0.29) is 17.4 Å². The number of aryl methyl sites for hydroxylation is 2. The van der Waals surface area contributed by atoms with Crippen LogP contribution in [0.5, 0.6) is 0 Å². The van der Waals surface area contributed by atoms with Crippen LogP contribution in [-0.4, -0.2) is 48.7 Å². The molecule has 1 saturated heterocycles. The highest BCUT2D eigenvalue weighted by Crippen LogP contribution is 2.29. The van der Waals surface area contributed by atoms with Gasteiger partial charge in [-0.2, -0.15) is 9.61 Å². The maximum Gasteiger partial charge on any atom is 0.254 e. The lowest BCUT2D eigenvalue weighted by molar-refractivity contribution is 0.0710. The number of aromatic amines is 1. The predicted molar refractivity (Wildman–Crippen MR) is 97.7 cm³/mol. The molecule has 0 saturated carbocycles. The second-order valence-electron chi connectivity index (χ2n) is 7.31. The summed E-state index contributed by atoms with van der Waals surface area (Å²) in [6.45, 7) is 1.27. The fourth-order valence-electron chi connectivity index (χ4n) is 4.15. The summed E-state index contributed by atoms with van der Waals surface area (Å²) in [7, 11) is 0. The Bertz CT molecular complexity index is 1080. The van der Waals surface area contributed by atoms with Crippen LogP contribution in [0.15, 0.2) is 29.2 Å². The zero-order valence-corrected chi connectivity index (χ0v) is 14.9. The number of nitrogens with zero attached hydrogens (tertiary/aromatic N) is 5. The molecule has 1 N–H and O–H groups in total. The SMILES string of the molecule is O=C(c1cc[nH]c(=O)c1)N1CCC(c2nnc3cc4c(nn23)CCC4)CC1. The number of nitrogens with one attached hydrogen (secondary N) is 1. The van der Waals surface area contributed by atoms with Crippen LogP contribution in [0.4, 0.5) is 0 Å². The Balaban J connectivity index is 1.34. The van der Waals surface area contributed by atoms with Crippen molar-refractivity contribution in [1.29, 1.82) is 0 Å². The molecule has 3 aromatic heterocycles. The monoisotopic (exact) mass is 364 g/mol. The first-order valence-corrected chi connectivity index (χ1v) is 9.41. The number of hydrogen-bond acceptors (Lipinski definition) is 5. The molecule has 0 unspecified atom stereocenters. The topological polar surface area (TPSA) is 96.2 Å². The van der Waals surface area contributed by atoms with Gasteiger partial charge in [0.15, 0.2) is 11.5 Å². The maximum absolute atomic E-state index is 12.6. The van der Waals surface area contributed by atoms with Gasteiger partial charge in [-0.15, -0.1) is 10.2 Å². The van der Waals surface area contributed by atoms with Crippen molar-refractivity contribution in [2.45, 2.75) is 38.0 Å². The quantitative estimate of drug-likeness (QED) is 0.740. The number of hydrogen-bond donors (Lipinski definition) is 1. The predicted octanol–water partition coefficient (Wildman–Crippen LogP) is 1.32. The van der Waals surface area contributed by atoms with Gasteiger partial charge in [0, 0.05) is 36.8 Å². The largest absolute Gasteiger partial charge is 0.339 e. The van der Waals surface area contributed by atoms with Gasteiger partial charge in [0.2, 0.25) is 5.56 Å². The van der Waals surface area contributed by atoms with Gasteiger partial charge in [-0.1, -0.05) is 0 Å². The number of amides is 1. The molecule has 0 aromatic carbocycles. The highest BCUT2D eigenvalue weighted by molar-refractivity contribution is 5.94. The third-order valence-corrected chi connectivity index (χ3v) is 5.61. The lowest BCUT2D eigenvalue weighted by atomic mass is 9.95. The summed E-state index contributed by atoms with van der Waals surface area (Å²) in [5.41, 5.74) is 3.43. The van der Waals surface area contributed by atoms with Crippen LogP contribution >= 0.6 is 0 Å². The Kier molecular flexibility index (Phi) is 3.77. The highest BCUT2D eigenvalue weighted by Gasteiger charge is 2.28. The maximum atomic E-state index is 12.6. The van der Waals surface area contributed by atoms with Crippen molar-refractivity contribution in [3.8, 4) is 0 Å². The molecular formula is C19H20N6O2. The van der Waals surface area contributed by atoms with Crippen LogP contribution in [0.25, 0.3) is 5.65 Å². The van der Waals surface area contributed by atoms with Crippen molar-refractivity contribution < 1.29 is 4.79 Å². The molecule has 8 nitrogen and oxygen atoms in total. The average molecular weight is 364 g/mol. The van der Waals surface area contributed by atoms with Gasteiger partial charge in [0.05, 0.1) is 5.69 Å². The molecule has 0 radical (unpaired) electrons. The second kappa shape index (κ2) is 6.29. The summed E-state index contributed by atoms with van der Waals surface area (Å²) in [6, 6.07) is 5.11. The lowest BCUT2D eigenvalue weighted by Gasteiger charge is -2.31. The molecule has 4 heterocycles. The van der Waals surface area contributed by atoms with Crippen molar-refractivity contribution in [3.05, 3.63) is 57.4 Å². The number of piperidine rings is 1. The Labute approximate surface area is 155 Å². The Morgan fingerprint density at radius 1 is 1.15 bits per heavy atom. The van der Waals surface area contributed by atoms with Crippen LogP contribution < -0.4 is 5.56 Å². The summed E-state index contributed by atoms with van der Waals surface area (Å²) in [5, 5.41) is 13.5. The molecule has 0 spiro atoms. The number of fused-ring (bicyclic) bond motifs is 2. The van der Waals surface area contributed by atoms with E-state index < -0.39 is 0 Å². The fraction of sp³-hybridized carbons (Fsp3) is 0.421. The van der Waals surface area contributed by atoms with Crippen molar-refractivity contribution in [3.63, 3.8) is 0 Å². The average Bonchev–Trinajstić information content (AvgIpc) is 3.32. The molecule has 27 heavy (non-hydrogen) atoms. The minimum absolute atomic E-state index is 0.0957. The van der Waals surface area contributed by atoms with Crippen LogP contribution in [0.3, 0.4) is 0 Å². The van der Waals surface area contributed by atoms with Crippen LogP contribution in [0.2, 0.25) is 0 Å². The minimum atomic E-state index is -0.260. The zero-order valence-electron chi connectivity index (χ0n) is 14.9. The van der Waals surface area contributed by atoms with Gasteiger partial charge in [0.25, 0.3) is 5.91 Å². The Morgan fingerprint density at radius 2 is 2.00 bits per heavy atom. The summed E-state index contributed by atoms with van der Waals surface area (Å²) >= 11 is 0.